The van der Waals surface area contributed by atoms with Gasteiger partial charge in [0.25, 0.3) is 0 Å². The molecule has 0 unspecified atom stereocenters. The summed E-state index contributed by atoms with van der Waals surface area (Å²) in [6.45, 7) is 9.78. The highest BCUT2D eigenvalue weighted by atomic mass is 16.5. The third kappa shape index (κ3) is 4.24. The molecule has 2 aliphatic heterocycles. The van der Waals surface area contributed by atoms with E-state index in [2.05, 4.69) is 48.0 Å². The van der Waals surface area contributed by atoms with Crippen LogP contribution in [0.3, 0.4) is 0 Å². The summed E-state index contributed by atoms with van der Waals surface area (Å²) in [6.07, 6.45) is 2.87. The predicted molar refractivity (Wildman–Crippen MR) is 130 cm³/mol. The highest BCUT2D eigenvalue weighted by molar-refractivity contribution is 6.00. The van der Waals surface area contributed by atoms with Crippen molar-refractivity contribution in [1.29, 1.82) is 0 Å². The Morgan fingerprint density at radius 1 is 0.939 bits per heavy atom. The molecule has 0 N–H and O–H groups in total. The lowest BCUT2D eigenvalue weighted by Gasteiger charge is -2.44. The molecule has 1 spiro atoms. The van der Waals surface area contributed by atoms with Crippen molar-refractivity contribution in [3.8, 4) is 5.75 Å². The average Bonchev–Trinajstić information content (AvgIpc) is 2.78. The second kappa shape index (κ2) is 8.29. The standard InChI is InChI=1S/C28H31N3O2/c1-18-5-8-22(9-6-18)16-23-20(3)29-21(4)30-27(23)31-13-11-28(12-14-31)17-25(32)24-15-19(2)7-10-26(24)33-28/h5-10,15H,11-14,16-17H2,1-4H3. The molecule has 5 heteroatoms. The van der Waals surface area contributed by atoms with E-state index in [0.29, 0.717) is 6.42 Å². The Morgan fingerprint density at radius 3 is 2.36 bits per heavy atom. The fourth-order valence-electron chi connectivity index (χ4n) is 5.11. The maximum absolute atomic E-state index is 12.9. The maximum Gasteiger partial charge on any atom is 0.170 e. The molecule has 5 nitrogen and oxygen atoms in total. The lowest BCUT2D eigenvalue weighted by atomic mass is 9.82. The zero-order chi connectivity index (χ0) is 23.2. The van der Waals surface area contributed by atoms with Gasteiger partial charge in [0.1, 0.15) is 23.0 Å². The minimum absolute atomic E-state index is 0.196. The summed E-state index contributed by atoms with van der Waals surface area (Å²) in [6, 6.07) is 14.6. The van der Waals surface area contributed by atoms with E-state index in [1.165, 1.54) is 16.7 Å². The molecule has 3 heterocycles. The number of hydrogen-bond acceptors (Lipinski definition) is 5. The van der Waals surface area contributed by atoms with Crippen LogP contribution in [0.5, 0.6) is 5.75 Å². The number of hydrogen-bond donors (Lipinski definition) is 0. The number of fused-ring (bicyclic) bond motifs is 1. The van der Waals surface area contributed by atoms with Crippen molar-refractivity contribution in [3.05, 3.63) is 81.8 Å². The van der Waals surface area contributed by atoms with E-state index in [1.54, 1.807) is 0 Å². The van der Waals surface area contributed by atoms with Crippen LogP contribution in [0.15, 0.2) is 42.5 Å². The van der Waals surface area contributed by atoms with E-state index in [4.69, 9.17) is 9.72 Å². The van der Waals surface area contributed by atoms with Crippen LogP contribution in [-0.4, -0.2) is 34.4 Å². The van der Waals surface area contributed by atoms with Gasteiger partial charge in [-0.15, -0.1) is 0 Å². The third-order valence-electron chi connectivity index (χ3n) is 7.02. The van der Waals surface area contributed by atoms with Crippen LogP contribution in [0.2, 0.25) is 0 Å². The van der Waals surface area contributed by atoms with Crippen LogP contribution in [0.4, 0.5) is 5.82 Å². The number of ether oxygens (including phenoxy) is 1. The van der Waals surface area contributed by atoms with Crippen molar-refractivity contribution in [2.45, 2.75) is 59.0 Å². The molecule has 1 saturated heterocycles. The first kappa shape index (κ1) is 21.6. The fourth-order valence-corrected chi connectivity index (χ4v) is 5.11. The molecule has 0 amide bonds. The van der Waals surface area contributed by atoms with Gasteiger partial charge in [0.05, 0.1) is 12.0 Å². The van der Waals surface area contributed by atoms with Gasteiger partial charge >= 0.3 is 0 Å². The van der Waals surface area contributed by atoms with E-state index < -0.39 is 5.60 Å². The number of carbonyl (C=O) groups is 1. The number of nitrogens with zero attached hydrogens (tertiary/aromatic N) is 3. The summed E-state index contributed by atoms with van der Waals surface area (Å²) in [5.74, 6) is 2.75. The van der Waals surface area contributed by atoms with Crippen molar-refractivity contribution >= 4 is 11.6 Å². The first-order valence-corrected chi connectivity index (χ1v) is 11.8. The normalized spacial score (nSPS) is 17.1. The van der Waals surface area contributed by atoms with Crippen LogP contribution < -0.4 is 9.64 Å². The zero-order valence-electron chi connectivity index (χ0n) is 19.9. The molecule has 2 aromatic carbocycles. The lowest BCUT2D eigenvalue weighted by molar-refractivity contribution is 0.0230. The second-order valence-corrected chi connectivity index (χ2v) is 9.69. The third-order valence-corrected chi connectivity index (χ3v) is 7.02. The summed E-state index contributed by atoms with van der Waals surface area (Å²) in [5.41, 5.74) is 6.14. The molecular weight excluding hydrogens is 410 g/mol. The molecule has 2 aliphatic rings. The van der Waals surface area contributed by atoms with Gasteiger partial charge in [0.15, 0.2) is 5.78 Å². The molecular formula is C28H31N3O2. The largest absolute Gasteiger partial charge is 0.486 e. The number of rotatable bonds is 3. The van der Waals surface area contributed by atoms with Crippen LogP contribution >= 0.6 is 0 Å². The first-order chi connectivity index (χ1) is 15.8. The topological polar surface area (TPSA) is 55.3 Å². The van der Waals surface area contributed by atoms with Crippen LogP contribution in [-0.2, 0) is 6.42 Å². The van der Waals surface area contributed by atoms with E-state index in [9.17, 15) is 4.79 Å². The maximum atomic E-state index is 12.9. The van der Waals surface area contributed by atoms with Gasteiger partial charge in [-0.25, -0.2) is 9.97 Å². The Morgan fingerprint density at radius 2 is 1.64 bits per heavy atom. The van der Waals surface area contributed by atoms with E-state index in [1.807, 2.05) is 32.0 Å². The molecule has 3 aromatic rings. The molecule has 0 saturated carbocycles. The summed E-state index contributed by atoms with van der Waals surface area (Å²) < 4.78 is 6.47. The molecule has 0 atom stereocenters. The molecule has 0 radical (unpaired) electrons. The molecule has 33 heavy (non-hydrogen) atoms. The van der Waals surface area contributed by atoms with Crippen molar-refractivity contribution in [2.75, 3.05) is 18.0 Å². The SMILES string of the molecule is Cc1ccc(Cc2c(C)nc(C)nc2N2CCC3(CC2)CC(=O)c2cc(C)ccc2O3)cc1. The monoisotopic (exact) mass is 441 g/mol. The Hall–Kier alpha value is -3.21. The quantitative estimate of drug-likeness (QED) is 0.552. The number of aromatic nitrogens is 2. The number of ketones is 1. The minimum Gasteiger partial charge on any atom is -0.486 e. The molecule has 170 valence electrons. The number of Topliss-reactive ketones (excluding diaryl/α,β-unsaturated/α-hetero) is 1. The van der Waals surface area contributed by atoms with Gasteiger partial charge in [-0.2, -0.15) is 0 Å². The van der Waals surface area contributed by atoms with Crippen LogP contribution in [0.25, 0.3) is 0 Å². The fraction of sp³-hybridized carbons (Fsp3) is 0.393. The van der Waals surface area contributed by atoms with Gasteiger partial charge in [-0.3, -0.25) is 4.79 Å². The Balaban J connectivity index is 1.38. The van der Waals surface area contributed by atoms with Gasteiger partial charge in [-0.05, 0) is 45.4 Å². The van der Waals surface area contributed by atoms with Gasteiger partial charge in [0.2, 0.25) is 0 Å². The average molecular weight is 442 g/mol. The number of piperidine rings is 1. The predicted octanol–water partition coefficient (Wildman–Crippen LogP) is 5.31. The van der Waals surface area contributed by atoms with E-state index in [-0.39, 0.29) is 5.78 Å². The van der Waals surface area contributed by atoms with Crippen LogP contribution in [0, 0.1) is 27.7 Å². The van der Waals surface area contributed by atoms with Crippen molar-refractivity contribution in [3.63, 3.8) is 0 Å². The number of carbonyl (C=O) groups excluding carboxylic acids is 1. The molecule has 5 rings (SSSR count). The molecule has 1 aromatic heterocycles. The van der Waals surface area contributed by atoms with Crippen molar-refractivity contribution in [2.24, 2.45) is 0 Å². The van der Waals surface area contributed by atoms with Crippen molar-refractivity contribution in [1.82, 2.24) is 9.97 Å². The van der Waals surface area contributed by atoms with Gasteiger partial charge in [0, 0.05) is 43.6 Å². The number of benzene rings is 2. The van der Waals surface area contributed by atoms with E-state index >= 15 is 0 Å². The number of anilines is 1. The smallest absolute Gasteiger partial charge is 0.170 e. The Bertz CT molecular complexity index is 1210. The zero-order valence-corrected chi connectivity index (χ0v) is 19.9. The summed E-state index contributed by atoms with van der Waals surface area (Å²) >= 11 is 0. The van der Waals surface area contributed by atoms with Gasteiger partial charge in [-0.1, -0.05) is 41.5 Å². The summed E-state index contributed by atoms with van der Waals surface area (Å²) in [4.78, 5) is 24.8. The highest BCUT2D eigenvalue weighted by Crippen LogP contribution is 2.40. The Labute approximate surface area is 195 Å². The summed E-state index contributed by atoms with van der Waals surface area (Å²) in [5, 5.41) is 0. The second-order valence-electron chi connectivity index (χ2n) is 9.69. The summed E-state index contributed by atoms with van der Waals surface area (Å²) in [7, 11) is 0. The van der Waals surface area contributed by atoms with Gasteiger partial charge < -0.3 is 9.64 Å². The molecule has 1 fully saturated rings. The molecule has 0 bridgehead atoms. The lowest BCUT2D eigenvalue weighted by Crippen LogP contribution is -2.51. The van der Waals surface area contributed by atoms with Crippen LogP contribution in [0.1, 0.15) is 63.4 Å². The molecule has 0 aliphatic carbocycles. The van der Waals surface area contributed by atoms with Crippen molar-refractivity contribution < 1.29 is 9.53 Å². The Kier molecular flexibility index (Phi) is 5.43. The van der Waals surface area contributed by atoms with E-state index in [0.717, 1.165) is 66.6 Å². The number of aryl methyl sites for hydroxylation is 4. The highest BCUT2D eigenvalue weighted by Gasteiger charge is 2.43. The minimum atomic E-state index is -0.413. The first-order valence-electron chi connectivity index (χ1n) is 11.8.